The van der Waals surface area contributed by atoms with Crippen LogP contribution in [0.15, 0.2) is 126 Å². The van der Waals surface area contributed by atoms with Crippen molar-refractivity contribution in [2.75, 3.05) is 5.32 Å². The number of pyridine rings is 1. The number of hydrogen-bond donors (Lipinski definition) is 2. The molecule has 1 atom stereocenters. The first kappa shape index (κ1) is 31.1. The van der Waals surface area contributed by atoms with Crippen LogP contribution in [0.3, 0.4) is 0 Å². The number of nitrogens with zero attached hydrogens (tertiary/aromatic N) is 3. The Bertz CT molecular complexity index is 1660. The second kappa shape index (κ2) is 13.5. The largest absolute Gasteiger partial charge is 0.476 e. The first-order chi connectivity index (χ1) is 21.7. The lowest BCUT2D eigenvalue weighted by molar-refractivity contribution is -0.169. The average molecular weight is 621 g/mol. The highest BCUT2D eigenvalue weighted by molar-refractivity contribution is 7.14. The van der Waals surface area contributed by atoms with Crippen LogP contribution in [-0.4, -0.2) is 38.3 Å². The van der Waals surface area contributed by atoms with E-state index in [9.17, 15) is 14.7 Å². The first-order valence-electron chi connectivity index (χ1n) is 14.2. The van der Waals surface area contributed by atoms with Gasteiger partial charge in [0.25, 0.3) is 0 Å². The molecule has 228 valence electrons. The van der Waals surface area contributed by atoms with Crippen molar-refractivity contribution >= 4 is 34.1 Å². The quantitative estimate of drug-likeness (QED) is 0.0713. The van der Waals surface area contributed by atoms with Gasteiger partial charge in [-0.05, 0) is 43.5 Å². The number of nitrogens with one attached hydrogen (secondary N) is 1. The summed E-state index contributed by atoms with van der Waals surface area (Å²) in [6, 6.07) is 33.2. The molecule has 0 saturated carbocycles. The zero-order valence-corrected chi connectivity index (χ0v) is 25.8. The summed E-state index contributed by atoms with van der Waals surface area (Å²) < 4.78 is 5.51. The number of benzene rings is 3. The second-order valence-electron chi connectivity index (χ2n) is 11.1. The fraction of sp³-hybridized carbons (Fsp3) is 0.171. The maximum atomic E-state index is 13.0. The molecular formula is C35H32N4O5S. The Morgan fingerprint density at radius 2 is 1.40 bits per heavy atom. The van der Waals surface area contributed by atoms with Gasteiger partial charge in [0.15, 0.2) is 5.13 Å². The highest BCUT2D eigenvalue weighted by Crippen LogP contribution is 2.40. The van der Waals surface area contributed by atoms with E-state index in [1.54, 1.807) is 44.5 Å². The van der Waals surface area contributed by atoms with Gasteiger partial charge in [-0.15, -0.1) is 11.3 Å². The summed E-state index contributed by atoms with van der Waals surface area (Å²) in [7, 11) is 0. The van der Waals surface area contributed by atoms with E-state index < -0.39 is 34.9 Å². The molecule has 45 heavy (non-hydrogen) atoms. The number of carbonyl (C=O) groups excluding carboxylic acids is 1. The molecule has 1 unspecified atom stereocenters. The molecule has 0 aliphatic carbocycles. The average Bonchev–Trinajstić information content (AvgIpc) is 3.50. The first-order valence-corrected chi connectivity index (χ1v) is 15.1. The SMILES string of the molecule is CC(C)(C)OC(=O)C(O/N=C(/C(=O)O)c1csc(NC(c2ccccc2)(c2ccccc2)c2ccccc2)n1)c1cccnc1. The van der Waals surface area contributed by atoms with Crippen LogP contribution in [-0.2, 0) is 24.7 Å². The van der Waals surface area contributed by atoms with Crippen LogP contribution in [0.5, 0.6) is 0 Å². The Kier molecular flexibility index (Phi) is 9.34. The van der Waals surface area contributed by atoms with Crippen molar-refractivity contribution in [2.24, 2.45) is 5.16 Å². The van der Waals surface area contributed by atoms with E-state index in [-0.39, 0.29) is 5.69 Å². The maximum absolute atomic E-state index is 13.0. The molecule has 2 heterocycles. The number of carboxylic acids is 1. The molecular weight excluding hydrogens is 588 g/mol. The molecule has 5 rings (SSSR count). The van der Waals surface area contributed by atoms with Gasteiger partial charge in [-0.25, -0.2) is 14.6 Å². The Balaban J connectivity index is 1.53. The lowest BCUT2D eigenvalue weighted by atomic mass is 9.77. The number of thiazole rings is 1. The van der Waals surface area contributed by atoms with E-state index in [4.69, 9.17) is 9.57 Å². The molecule has 3 aromatic carbocycles. The van der Waals surface area contributed by atoms with Crippen LogP contribution >= 0.6 is 11.3 Å². The number of carbonyl (C=O) groups is 2. The van der Waals surface area contributed by atoms with Crippen molar-refractivity contribution in [1.29, 1.82) is 0 Å². The molecule has 0 aliphatic heterocycles. The van der Waals surface area contributed by atoms with Crippen molar-refractivity contribution in [2.45, 2.75) is 38.0 Å². The third-order valence-corrected chi connectivity index (χ3v) is 7.48. The van der Waals surface area contributed by atoms with Gasteiger partial charge in [0.2, 0.25) is 11.8 Å². The highest BCUT2D eigenvalue weighted by Gasteiger charge is 2.37. The van der Waals surface area contributed by atoms with Gasteiger partial charge in [0, 0.05) is 23.3 Å². The van der Waals surface area contributed by atoms with Crippen molar-refractivity contribution in [3.63, 3.8) is 0 Å². The number of rotatable bonds is 11. The van der Waals surface area contributed by atoms with E-state index in [1.807, 2.05) is 91.0 Å². The fourth-order valence-corrected chi connectivity index (χ4v) is 5.56. The summed E-state index contributed by atoms with van der Waals surface area (Å²) in [6.07, 6.45) is 1.64. The summed E-state index contributed by atoms with van der Waals surface area (Å²) in [5.74, 6) is -2.11. The molecule has 2 aromatic heterocycles. The summed E-state index contributed by atoms with van der Waals surface area (Å²) >= 11 is 1.23. The van der Waals surface area contributed by atoms with Gasteiger partial charge in [0.1, 0.15) is 16.8 Å². The Morgan fingerprint density at radius 3 is 1.87 bits per heavy atom. The summed E-state index contributed by atoms with van der Waals surface area (Å²) in [6.45, 7) is 5.17. The molecule has 0 spiro atoms. The topological polar surface area (TPSA) is 123 Å². The lowest BCUT2D eigenvalue weighted by Gasteiger charge is -2.36. The zero-order valence-electron chi connectivity index (χ0n) is 25.0. The minimum atomic E-state index is -1.37. The Hall–Kier alpha value is -5.35. The number of carboxylic acid groups (broad SMARTS) is 1. The van der Waals surface area contributed by atoms with Gasteiger partial charge in [-0.2, -0.15) is 0 Å². The Morgan fingerprint density at radius 1 is 0.844 bits per heavy atom. The normalized spacial score (nSPS) is 12.6. The predicted octanol–water partition coefficient (Wildman–Crippen LogP) is 6.83. The van der Waals surface area contributed by atoms with Gasteiger partial charge in [-0.1, -0.05) is 102 Å². The molecule has 0 aliphatic rings. The van der Waals surface area contributed by atoms with E-state index in [0.717, 1.165) is 16.7 Å². The number of hydrogen-bond acceptors (Lipinski definition) is 9. The van der Waals surface area contributed by atoms with Gasteiger partial charge in [-0.3, -0.25) is 4.98 Å². The monoisotopic (exact) mass is 620 g/mol. The van der Waals surface area contributed by atoms with Crippen molar-refractivity contribution in [1.82, 2.24) is 9.97 Å². The molecule has 0 amide bonds. The molecule has 0 saturated heterocycles. The van der Waals surface area contributed by atoms with E-state index in [1.165, 1.54) is 17.5 Å². The van der Waals surface area contributed by atoms with Crippen LogP contribution < -0.4 is 5.32 Å². The van der Waals surface area contributed by atoms with Gasteiger partial charge < -0.3 is 20.0 Å². The van der Waals surface area contributed by atoms with Crippen LogP contribution in [0.1, 0.15) is 54.8 Å². The van der Waals surface area contributed by atoms with E-state index >= 15 is 0 Å². The third-order valence-electron chi connectivity index (χ3n) is 6.72. The minimum Gasteiger partial charge on any atom is -0.476 e. The number of oxime groups is 1. The van der Waals surface area contributed by atoms with E-state index in [0.29, 0.717) is 10.7 Å². The molecule has 0 fully saturated rings. The summed E-state index contributed by atoms with van der Waals surface area (Å²) in [4.78, 5) is 39.7. The van der Waals surface area contributed by atoms with Crippen LogP contribution in [0.25, 0.3) is 0 Å². The predicted molar refractivity (Wildman–Crippen MR) is 173 cm³/mol. The fourth-order valence-electron chi connectivity index (χ4n) is 4.81. The minimum absolute atomic E-state index is 0.0622. The second-order valence-corrected chi connectivity index (χ2v) is 11.9. The third kappa shape index (κ3) is 7.25. The van der Waals surface area contributed by atoms with Crippen molar-refractivity contribution in [3.05, 3.63) is 149 Å². The number of ether oxygens (including phenoxy) is 1. The molecule has 9 nitrogen and oxygen atoms in total. The number of aromatic nitrogens is 2. The highest BCUT2D eigenvalue weighted by atomic mass is 32.1. The lowest BCUT2D eigenvalue weighted by Crippen LogP contribution is -2.38. The number of esters is 1. The zero-order chi connectivity index (χ0) is 31.9. The molecule has 0 radical (unpaired) electrons. The number of anilines is 1. The molecule has 0 bridgehead atoms. The van der Waals surface area contributed by atoms with Crippen LogP contribution in [0, 0.1) is 0 Å². The van der Waals surface area contributed by atoms with Crippen LogP contribution in [0.4, 0.5) is 5.13 Å². The molecule has 2 N–H and O–H groups in total. The van der Waals surface area contributed by atoms with Crippen molar-refractivity contribution < 1.29 is 24.3 Å². The van der Waals surface area contributed by atoms with Gasteiger partial charge >= 0.3 is 11.9 Å². The molecule has 10 heteroatoms. The van der Waals surface area contributed by atoms with Gasteiger partial charge in [0.05, 0.1) is 0 Å². The summed E-state index contributed by atoms with van der Waals surface area (Å²) in [5.41, 5.74) is 1.17. The molecule has 5 aromatic rings. The van der Waals surface area contributed by atoms with E-state index in [2.05, 4.69) is 20.4 Å². The van der Waals surface area contributed by atoms with Crippen LogP contribution in [0.2, 0.25) is 0 Å². The maximum Gasteiger partial charge on any atom is 0.360 e. The summed E-state index contributed by atoms with van der Waals surface area (Å²) in [5, 5.41) is 19.7. The smallest absolute Gasteiger partial charge is 0.360 e. The standard InChI is InChI=1S/C35H32N4O5S/c1-34(2,3)43-32(42)30(24-14-13-21-36-22-24)44-39-29(31(40)41)28-23-45-33(37-28)38-35(25-15-7-4-8-16-25,26-17-9-5-10-18-26)27-19-11-6-12-20-27/h4-23,30H,1-3H3,(H,37,38)(H,40,41)/b39-29+. The number of aliphatic carboxylic acids is 1. The van der Waals surface area contributed by atoms with Crippen molar-refractivity contribution in [3.8, 4) is 0 Å². The Labute approximate surface area is 265 Å².